The van der Waals surface area contributed by atoms with Crippen molar-refractivity contribution in [1.29, 1.82) is 0 Å². The minimum Gasteiger partial charge on any atom is -0.389 e. The van der Waals surface area contributed by atoms with Gasteiger partial charge in [0.25, 0.3) is 10.0 Å². The molecule has 0 radical (unpaired) electrons. The third-order valence-corrected chi connectivity index (χ3v) is 4.87. The van der Waals surface area contributed by atoms with Crippen LogP contribution in [0.25, 0.3) is 0 Å². The zero-order chi connectivity index (χ0) is 13.9. The Hall–Kier alpha value is -0.920. The van der Waals surface area contributed by atoms with Crippen LogP contribution in [0.2, 0.25) is 0 Å². The minimum atomic E-state index is -3.63. The summed E-state index contributed by atoms with van der Waals surface area (Å²) in [4.78, 5) is 3.82. The quantitative estimate of drug-likeness (QED) is 0.802. The Balaban J connectivity index is 2.01. The van der Waals surface area contributed by atoms with Crippen LogP contribution < -0.4 is 4.72 Å². The average Bonchev–Trinajstić information content (AvgIpc) is 2.68. The summed E-state index contributed by atoms with van der Waals surface area (Å²) in [6.07, 6.45) is 8.29. The number of sulfonamides is 1. The molecule has 0 atom stereocenters. The van der Waals surface area contributed by atoms with Crippen molar-refractivity contribution in [2.24, 2.45) is 7.05 Å². The van der Waals surface area contributed by atoms with Gasteiger partial charge in [0.2, 0.25) is 0 Å². The summed E-state index contributed by atoms with van der Waals surface area (Å²) in [6, 6.07) is 0. The van der Waals surface area contributed by atoms with Crippen molar-refractivity contribution in [3.05, 3.63) is 12.5 Å². The predicted octanol–water partition coefficient (Wildman–Crippen LogP) is 0.784. The topological polar surface area (TPSA) is 84.2 Å². The van der Waals surface area contributed by atoms with Crippen LogP contribution in [0.3, 0.4) is 0 Å². The van der Waals surface area contributed by atoms with Gasteiger partial charge in [-0.3, -0.25) is 0 Å². The highest BCUT2D eigenvalue weighted by Gasteiger charge is 2.30. The summed E-state index contributed by atoms with van der Waals surface area (Å²) in [5.74, 6) is 0. The molecule has 0 amide bonds. The molecule has 1 fully saturated rings. The molecule has 19 heavy (non-hydrogen) atoms. The molecule has 0 spiro atoms. The highest BCUT2D eigenvalue weighted by Crippen LogP contribution is 2.26. The van der Waals surface area contributed by atoms with Crippen molar-refractivity contribution >= 4 is 10.0 Å². The normalized spacial score (nSPS) is 20.1. The van der Waals surface area contributed by atoms with Crippen LogP contribution in [0.15, 0.2) is 17.6 Å². The molecule has 1 aromatic heterocycles. The Kier molecular flexibility index (Phi) is 4.27. The van der Waals surface area contributed by atoms with E-state index in [0.717, 1.165) is 25.7 Å². The zero-order valence-electron chi connectivity index (χ0n) is 11.2. The lowest BCUT2D eigenvalue weighted by molar-refractivity contribution is 0.0303. The lowest BCUT2D eigenvalue weighted by Gasteiger charge is -2.26. The first-order valence-electron chi connectivity index (χ1n) is 6.61. The summed E-state index contributed by atoms with van der Waals surface area (Å²) in [6.45, 7) is 0.0614. The SMILES string of the molecule is Cn1cnc(S(=O)(=O)NCC2(O)CCCCCC2)c1. The smallest absolute Gasteiger partial charge is 0.259 e. The van der Waals surface area contributed by atoms with Crippen molar-refractivity contribution in [2.75, 3.05) is 6.54 Å². The van der Waals surface area contributed by atoms with Crippen LogP contribution in [-0.2, 0) is 17.1 Å². The van der Waals surface area contributed by atoms with Gasteiger partial charge in [-0.25, -0.2) is 18.1 Å². The molecule has 1 heterocycles. The summed E-state index contributed by atoms with van der Waals surface area (Å²) >= 11 is 0. The van der Waals surface area contributed by atoms with E-state index in [1.165, 1.54) is 12.5 Å². The van der Waals surface area contributed by atoms with E-state index < -0.39 is 15.6 Å². The molecule has 0 aromatic carbocycles. The second-order valence-electron chi connectivity index (χ2n) is 5.34. The van der Waals surface area contributed by atoms with Crippen LogP contribution in [0, 0.1) is 0 Å². The molecule has 0 saturated heterocycles. The number of nitrogens with one attached hydrogen (secondary N) is 1. The van der Waals surface area contributed by atoms with Gasteiger partial charge in [0.1, 0.15) is 0 Å². The van der Waals surface area contributed by atoms with E-state index in [-0.39, 0.29) is 11.6 Å². The second kappa shape index (κ2) is 5.60. The maximum Gasteiger partial charge on any atom is 0.259 e. The van der Waals surface area contributed by atoms with Gasteiger partial charge >= 0.3 is 0 Å². The standard InChI is InChI=1S/C12H21N3O3S/c1-15-8-11(13-10-15)19(17,18)14-9-12(16)6-4-2-3-5-7-12/h8,10,14,16H,2-7,9H2,1H3. The van der Waals surface area contributed by atoms with Gasteiger partial charge in [-0.2, -0.15) is 0 Å². The van der Waals surface area contributed by atoms with Crippen LogP contribution in [0.5, 0.6) is 0 Å². The van der Waals surface area contributed by atoms with Crippen molar-refractivity contribution < 1.29 is 13.5 Å². The van der Waals surface area contributed by atoms with E-state index >= 15 is 0 Å². The maximum atomic E-state index is 12.0. The molecule has 0 unspecified atom stereocenters. The molecule has 108 valence electrons. The number of nitrogens with zero attached hydrogens (tertiary/aromatic N) is 2. The molecule has 2 N–H and O–H groups in total. The van der Waals surface area contributed by atoms with Crippen LogP contribution in [0.4, 0.5) is 0 Å². The van der Waals surface area contributed by atoms with Gasteiger partial charge in [-0.15, -0.1) is 0 Å². The largest absolute Gasteiger partial charge is 0.389 e. The Bertz CT molecular complexity index is 516. The van der Waals surface area contributed by atoms with E-state index in [9.17, 15) is 13.5 Å². The summed E-state index contributed by atoms with van der Waals surface area (Å²) in [5.41, 5.74) is -0.918. The third kappa shape index (κ3) is 3.77. The van der Waals surface area contributed by atoms with Gasteiger partial charge in [-0.05, 0) is 12.8 Å². The molecule has 0 aliphatic heterocycles. The van der Waals surface area contributed by atoms with Crippen molar-refractivity contribution in [3.63, 3.8) is 0 Å². The first-order valence-corrected chi connectivity index (χ1v) is 8.10. The average molecular weight is 287 g/mol. The number of aliphatic hydroxyl groups is 1. The highest BCUT2D eigenvalue weighted by molar-refractivity contribution is 7.89. The summed E-state index contributed by atoms with van der Waals surface area (Å²) in [7, 11) is -1.92. The van der Waals surface area contributed by atoms with Crippen LogP contribution >= 0.6 is 0 Å². The van der Waals surface area contributed by atoms with E-state index in [2.05, 4.69) is 9.71 Å². The number of hydrogen-bond donors (Lipinski definition) is 2. The maximum absolute atomic E-state index is 12.0. The molecule has 0 bridgehead atoms. The Morgan fingerprint density at radius 2 is 2.00 bits per heavy atom. The molecule has 1 saturated carbocycles. The number of imidazole rings is 1. The number of aromatic nitrogens is 2. The lowest BCUT2D eigenvalue weighted by atomic mass is 9.95. The second-order valence-corrected chi connectivity index (χ2v) is 7.05. The molecule has 1 aromatic rings. The molecule has 6 nitrogen and oxygen atoms in total. The van der Waals surface area contributed by atoms with Crippen molar-refractivity contribution in [2.45, 2.75) is 49.2 Å². The van der Waals surface area contributed by atoms with E-state index in [4.69, 9.17) is 0 Å². The van der Waals surface area contributed by atoms with Gasteiger partial charge < -0.3 is 9.67 Å². The number of aryl methyl sites for hydroxylation is 1. The molecular weight excluding hydrogens is 266 g/mol. The fourth-order valence-electron chi connectivity index (χ4n) is 2.39. The summed E-state index contributed by atoms with van der Waals surface area (Å²) < 4.78 is 28.1. The molecule has 7 heteroatoms. The first-order chi connectivity index (χ1) is 8.91. The number of rotatable bonds is 4. The first kappa shape index (κ1) is 14.5. The fourth-order valence-corrected chi connectivity index (χ4v) is 3.49. The third-order valence-electron chi connectivity index (χ3n) is 3.58. The van der Waals surface area contributed by atoms with E-state index in [0.29, 0.717) is 12.8 Å². The summed E-state index contributed by atoms with van der Waals surface area (Å²) in [5, 5.41) is 10.4. The Labute approximate surface area is 113 Å². The molecule has 1 aliphatic carbocycles. The van der Waals surface area contributed by atoms with Gasteiger partial charge in [0, 0.05) is 19.8 Å². The molecule has 2 rings (SSSR count). The molecular formula is C12H21N3O3S. The van der Waals surface area contributed by atoms with Gasteiger partial charge in [-0.1, -0.05) is 25.7 Å². The van der Waals surface area contributed by atoms with Gasteiger partial charge in [0.05, 0.1) is 11.9 Å². The minimum absolute atomic E-state index is 0.00720. The Morgan fingerprint density at radius 3 is 2.53 bits per heavy atom. The number of hydrogen-bond acceptors (Lipinski definition) is 4. The van der Waals surface area contributed by atoms with E-state index in [1.807, 2.05) is 0 Å². The van der Waals surface area contributed by atoms with Crippen molar-refractivity contribution in [1.82, 2.24) is 14.3 Å². The van der Waals surface area contributed by atoms with Crippen molar-refractivity contribution in [3.8, 4) is 0 Å². The highest BCUT2D eigenvalue weighted by atomic mass is 32.2. The van der Waals surface area contributed by atoms with E-state index in [1.54, 1.807) is 11.6 Å². The predicted molar refractivity (Wildman–Crippen MR) is 71.0 cm³/mol. The van der Waals surface area contributed by atoms with Crippen LogP contribution in [-0.4, -0.2) is 35.2 Å². The molecule has 1 aliphatic rings. The fraction of sp³-hybridized carbons (Fsp3) is 0.750. The van der Waals surface area contributed by atoms with Crippen LogP contribution in [0.1, 0.15) is 38.5 Å². The van der Waals surface area contributed by atoms with Gasteiger partial charge in [0.15, 0.2) is 5.03 Å². The zero-order valence-corrected chi connectivity index (χ0v) is 12.0. The monoisotopic (exact) mass is 287 g/mol. The lowest BCUT2D eigenvalue weighted by Crippen LogP contribution is -2.42. The Morgan fingerprint density at radius 1 is 1.37 bits per heavy atom.